The zero-order valence-electron chi connectivity index (χ0n) is 13.3. The first-order valence-corrected chi connectivity index (χ1v) is 7.34. The van der Waals surface area contributed by atoms with E-state index < -0.39 is 0 Å². The van der Waals surface area contributed by atoms with Gasteiger partial charge in [0, 0.05) is 6.54 Å². The Hall–Kier alpha value is -1.48. The quantitative estimate of drug-likeness (QED) is 0.785. The molecule has 0 unspecified atom stereocenters. The summed E-state index contributed by atoms with van der Waals surface area (Å²) in [5.74, 6) is 2.10. The zero-order valence-corrected chi connectivity index (χ0v) is 13.3. The van der Waals surface area contributed by atoms with Gasteiger partial charge in [0.05, 0.1) is 13.7 Å². The molecular formula is C17H27NO2. The summed E-state index contributed by atoms with van der Waals surface area (Å²) in [7, 11) is 1.66. The van der Waals surface area contributed by atoms with Crippen LogP contribution in [0, 0.1) is 5.92 Å². The van der Waals surface area contributed by atoms with Gasteiger partial charge in [-0.1, -0.05) is 38.5 Å². The molecule has 1 N–H and O–H groups in total. The van der Waals surface area contributed by atoms with Gasteiger partial charge in [-0.15, -0.1) is 0 Å². The van der Waals surface area contributed by atoms with Crippen molar-refractivity contribution >= 4 is 6.08 Å². The molecule has 0 aliphatic carbocycles. The van der Waals surface area contributed by atoms with Crippen LogP contribution in [0.5, 0.6) is 11.5 Å². The van der Waals surface area contributed by atoms with Crippen molar-refractivity contribution in [1.82, 2.24) is 5.32 Å². The molecule has 0 saturated heterocycles. The van der Waals surface area contributed by atoms with Gasteiger partial charge in [0.1, 0.15) is 0 Å². The predicted octanol–water partition coefficient (Wildman–Crippen LogP) is 3.74. The minimum atomic E-state index is 0.520. The monoisotopic (exact) mass is 277 g/mol. The summed E-state index contributed by atoms with van der Waals surface area (Å²) >= 11 is 0. The Bertz CT molecular complexity index is 439. The molecule has 1 rings (SSSR count). The van der Waals surface area contributed by atoms with Crippen LogP contribution in [0.15, 0.2) is 23.8 Å². The predicted molar refractivity (Wildman–Crippen MR) is 85.5 cm³/mol. The Balaban J connectivity index is 3.01. The normalized spacial score (nSPS) is 11.8. The number of benzene rings is 1. The van der Waals surface area contributed by atoms with E-state index in [4.69, 9.17) is 9.47 Å². The Labute approximate surface area is 123 Å². The number of ether oxygens (including phenoxy) is 2. The second-order valence-electron chi connectivity index (χ2n) is 5.00. The number of hydrogen-bond donors (Lipinski definition) is 1. The lowest BCUT2D eigenvalue weighted by atomic mass is 10.00. The zero-order chi connectivity index (χ0) is 15.0. The van der Waals surface area contributed by atoms with Crippen LogP contribution in [0.2, 0.25) is 0 Å². The lowest BCUT2D eigenvalue weighted by Gasteiger charge is -2.14. The average molecular weight is 277 g/mol. The average Bonchev–Trinajstić information content (AvgIpc) is 2.43. The summed E-state index contributed by atoms with van der Waals surface area (Å²) in [6.45, 7) is 11.1. The number of hydrogen-bond acceptors (Lipinski definition) is 3. The molecule has 0 atom stereocenters. The van der Waals surface area contributed by atoms with Crippen molar-refractivity contribution in [1.29, 1.82) is 0 Å². The Kier molecular flexibility index (Phi) is 7.16. The summed E-state index contributed by atoms with van der Waals surface area (Å²) in [5.41, 5.74) is 2.54. The van der Waals surface area contributed by atoms with Crippen LogP contribution < -0.4 is 14.8 Å². The standard InChI is InChI=1S/C17H27NO2/c1-6-18-12-15(13(3)4)10-14-8-9-16(19-5)17(11-14)20-7-2/h8-11,13,18H,6-7,12H2,1-5H3. The molecule has 0 radical (unpaired) electrons. The molecule has 3 nitrogen and oxygen atoms in total. The van der Waals surface area contributed by atoms with Crippen molar-refractivity contribution in [3.05, 3.63) is 29.3 Å². The molecular weight excluding hydrogens is 250 g/mol. The van der Waals surface area contributed by atoms with Crippen molar-refractivity contribution in [3.63, 3.8) is 0 Å². The van der Waals surface area contributed by atoms with E-state index in [1.54, 1.807) is 7.11 Å². The second kappa shape index (κ2) is 8.64. The van der Waals surface area contributed by atoms with Crippen LogP contribution in [0.25, 0.3) is 6.08 Å². The first kappa shape index (κ1) is 16.6. The van der Waals surface area contributed by atoms with Gasteiger partial charge in [0.15, 0.2) is 11.5 Å². The van der Waals surface area contributed by atoms with E-state index in [0.717, 1.165) is 30.2 Å². The molecule has 0 bridgehead atoms. The number of rotatable bonds is 8. The molecule has 3 heteroatoms. The fourth-order valence-corrected chi connectivity index (χ4v) is 1.96. The van der Waals surface area contributed by atoms with E-state index >= 15 is 0 Å². The molecule has 0 spiro atoms. The van der Waals surface area contributed by atoms with E-state index in [-0.39, 0.29) is 0 Å². The van der Waals surface area contributed by atoms with E-state index in [1.807, 2.05) is 19.1 Å². The van der Waals surface area contributed by atoms with Crippen LogP contribution in [0.4, 0.5) is 0 Å². The Morgan fingerprint density at radius 2 is 2.00 bits per heavy atom. The third-order valence-electron chi connectivity index (χ3n) is 3.16. The molecule has 20 heavy (non-hydrogen) atoms. The molecule has 0 amide bonds. The number of methoxy groups -OCH3 is 1. The summed E-state index contributed by atoms with van der Waals surface area (Å²) in [5, 5.41) is 3.39. The maximum atomic E-state index is 5.62. The van der Waals surface area contributed by atoms with Crippen molar-refractivity contribution in [2.75, 3.05) is 26.8 Å². The largest absolute Gasteiger partial charge is 0.493 e. The van der Waals surface area contributed by atoms with E-state index in [1.165, 1.54) is 5.57 Å². The Morgan fingerprint density at radius 3 is 2.55 bits per heavy atom. The lowest BCUT2D eigenvalue weighted by Crippen LogP contribution is -2.18. The van der Waals surface area contributed by atoms with Gasteiger partial charge in [0.25, 0.3) is 0 Å². The third-order valence-corrected chi connectivity index (χ3v) is 3.16. The molecule has 0 fully saturated rings. The molecule has 0 aromatic heterocycles. The van der Waals surface area contributed by atoms with Crippen LogP contribution >= 0.6 is 0 Å². The first-order valence-electron chi connectivity index (χ1n) is 7.34. The fourth-order valence-electron chi connectivity index (χ4n) is 1.96. The topological polar surface area (TPSA) is 30.5 Å². The fraction of sp³-hybridized carbons (Fsp3) is 0.529. The van der Waals surface area contributed by atoms with E-state index in [2.05, 4.69) is 38.2 Å². The summed E-state index contributed by atoms with van der Waals surface area (Å²) in [4.78, 5) is 0. The summed E-state index contributed by atoms with van der Waals surface area (Å²) in [6, 6.07) is 6.06. The highest BCUT2D eigenvalue weighted by Gasteiger charge is 2.07. The molecule has 112 valence electrons. The minimum absolute atomic E-state index is 0.520. The van der Waals surface area contributed by atoms with Gasteiger partial charge in [-0.25, -0.2) is 0 Å². The second-order valence-corrected chi connectivity index (χ2v) is 5.00. The maximum Gasteiger partial charge on any atom is 0.161 e. The molecule has 1 aromatic carbocycles. The molecule has 0 heterocycles. The van der Waals surface area contributed by atoms with Gasteiger partial charge in [0.2, 0.25) is 0 Å². The molecule has 0 aliphatic rings. The van der Waals surface area contributed by atoms with Crippen LogP contribution in [0.3, 0.4) is 0 Å². The van der Waals surface area contributed by atoms with Crippen LogP contribution in [-0.2, 0) is 0 Å². The van der Waals surface area contributed by atoms with Crippen LogP contribution in [-0.4, -0.2) is 26.8 Å². The summed E-state index contributed by atoms with van der Waals surface area (Å²) < 4.78 is 10.9. The summed E-state index contributed by atoms with van der Waals surface area (Å²) in [6.07, 6.45) is 2.23. The van der Waals surface area contributed by atoms with Gasteiger partial charge in [-0.2, -0.15) is 0 Å². The SMILES string of the molecule is CCNCC(=Cc1ccc(OC)c(OCC)c1)C(C)C. The molecule has 0 saturated carbocycles. The van der Waals surface area contributed by atoms with E-state index in [9.17, 15) is 0 Å². The smallest absolute Gasteiger partial charge is 0.161 e. The van der Waals surface area contributed by atoms with Gasteiger partial charge in [-0.3, -0.25) is 0 Å². The van der Waals surface area contributed by atoms with Gasteiger partial charge < -0.3 is 14.8 Å². The molecule has 1 aromatic rings. The highest BCUT2D eigenvalue weighted by Crippen LogP contribution is 2.29. The van der Waals surface area contributed by atoms with Gasteiger partial charge in [-0.05, 0) is 37.1 Å². The van der Waals surface area contributed by atoms with Gasteiger partial charge >= 0.3 is 0 Å². The van der Waals surface area contributed by atoms with Crippen molar-refractivity contribution in [3.8, 4) is 11.5 Å². The Morgan fingerprint density at radius 1 is 1.25 bits per heavy atom. The van der Waals surface area contributed by atoms with Crippen molar-refractivity contribution in [2.45, 2.75) is 27.7 Å². The van der Waals surface area contributed by atoms with E-state index in [0.29, 0.717) is 12.5 Å². The maximum absolute atomic E-state index is 5.62. The number of nitrogens with one attached hydrogen (secondary N) is 1. The molecule has 0 aliphatic heterocycles. The lowest BCUT2D eigenvalue weighted by molar-refractivity contribution is 0.311. The highest BCUT2D eigenvalue weighted by molar-refractivity contribution is 5.58. The van der Waals surface area contributed by atoms with Crippen molar-refractivity contribution in [2.24, 2.45) is 5.92 Å². The first-order chi connectivity index (χ1) is 9.62. The minimum Gasteiger partial charge on any atom is -0.493 e. The number of likely N-dealkylation sites (N-methyl/N-ethyl adjacent to an activating group) is 1. The van der Waals surface area contributed by atoms with Crippen molar-refractivity contribution < 1.29 is 9.47 Å². The third kappa shape index (κ3) is 4.89. The highest BCUT2D eigenvalue weighted by atomic mass is 16.5. The van der Waals surface area contributed by atoms with Crippen LogP contribution in [0.1, 0.15) is 33.3 Å².